The fourth-order valence-electron chi connectivity index (χ4n) is 3.44. The largest absolute Gasteiger partial charge is 0.443 e. The highest BCUT2D eigenvalue weighted by Gasteiger charge is 2.34. The number of carbonyl (C=O) groups excluding carboxylic acids is 1. The number of hydrogen-bond donors (Lipinski definition) is 0. The lowest BCUT2D eigenvalue weighted by Gasteiger charge is -2.22. The van der Waals surface area contributed by atoms with Gasteiger partial charge in [0.05, 0.1) is 11.8 Å². The van der Waals surface area contributed by atoms with Gasteiger partial charge >= 0.3 is 0 Å². The van der Waals surface area contributed by atoms with Gasteiger partial charge in [-0.15, -0.1) is 0 Å². The summed E-state index contributed by atoms with van der Waals surface area (Å²) in [5, 5.41) is 0. The van der Waals surface area contributed by atoms with Gasteiger partial charge in [-0.2, -0.15) is 0 Å². The minimum absolute atomic E-state index is 0.0440. The van der Waals surface area contributed by atoms with Crippen LogP contribution in [0.1, 0.15) is 46.5 Å². The van der Waals surface area contributed by atoms with E-state index in [1.165, 1.54) is 18.2 Å². The normalized spacial score (nSPS) is 16.7. The predicted octanol–water partition coefficient (Wildman–Crippen LogP) is 4.52. The summed E-state index contributed by atoms with van der Waals surface area (Å²) < 4.78 is 33.6. The third-order valence-electron chi connectivity index (χ3n) is 4.80. The third kappa shape index (κ3) is 3.47. The number of rotatable bonds is 4. The molecule has 1 fully saturated rings. The molecule has 1 aromatic heterocycles. The summed E-state index contributed by atoms with van der Waals surface area (Å²) >= 11 is 0. The van der Waals surface area contributed by atoms with Gasteiger partial charge in [-0.25, -0.2) is 13.8 Å². The molecule has 1 unspecified atom stereocenters. The minimum Gasteiger partial charge on any atom is -0.443 e. The Kier molecular flexibility index (Phi) is 4.71. The van der Waals surface area contributed by atoms with Crippen molar-refractivity contribution in [3.05, 3.63) is 89.1 Å². The Morgan fingerprint density at radius 2 is 1.85 bits per heavy atom. The Morgan fingerprint density at radius 1 is 1.11 bits per heavy atom. The topological polar surface area (TPSA) is 46.3 Å². The molecule has 1 saturated heterocycles. The molecule has 1 atom stereocenters. The molecular formula is C21H18F2N2O2. The van der Waals surface area contributed by atoms with E-state index in [0.29, 0.717) is 30.2 Å². The van der Waals surface area contributed by atoms with E-state index >= 15 is 0 Å². The molecule has 27 heavy (non-hydrogen) atoms. The van der Waals surface area contributed by atoms with E-state index in [1.807, 2.05) is 0 Å². The van der Waals surface area contributed by atoms with Crippen LogP contribution in [0, 0.1) is 11.6 Å². The van der Waals surface area contributed by atoms with E-state index in [4.69, 9.17) is 4.42 Å². The zero-order valence-corrected chi connectivity index (χ0v) is 14.6. The van der Waals surface area contributed by atoms with E-state index in [-0.39, 0.29) is 29.8 Å². The van der Waals surface area contributed by atoms with Gasteiger partial charge in [0.1, 0.15) is 23.4 Å². The minimum atomic E-state index is -0.541. The zero-order chi connectivity index (χ0) is 18.8. The SMILES string of the molecule is O=C(c1ccccc1F)N1CCCC1c1ncc(Cc2ccccc2F)o1. The van der Waals surface area contributed by atoms with Gasteiger partial charge in [-0.1, -0.05) is 30.3 Å². The lowest BCUT2D eigenvalue weighted by atomic mass is 10.1. The molecule has 138 valence electrons. The summed E-state index contributed by atoms with van der Waals surface area (Å²) in [5.41, 5.74) is 0.563. The number of benzene rings is 2. The van der Waals surface area contributed by atoms with Crippen LogP contribution >= 0.6 is 0 Å². The molecule has 6 heteroatoms. The molecule has 3 aromatic rings. The van der Waals surface area contributed by atoms with Gasteiger partial charge in [0.25, 0.3) is 5.91 Å². The smallest absolute Gasteiger partial charge is 0.257 e. The van der Waals surface area contributed by atoms with Crippen molar-refractivity contribution in [1.82, 2.24) is 9.88 Å². The van der Waals surface area contributed by atoms with Crippen LogP contribution in [0.2, 0.25) is 0 Å². The first-order valence-corrected chi connectivity index (χ1v) is 8.87. The number of hydrogen-bond acceptors (Lipinski definition) is 3. The number of carbonyl (C=O) groups is 1. The highest BCUT2D eigenvalue weighted by Crippen LogP contribution is 2.33. The van der Waals surface area contributed by atoms with E-state index in [1.54, 1.807) is 41.4 Å². The Labute approximate surface area is 155 Å². The standard InChI is InChI=1S/C21H18F2N2O2/c22-17-8-3-1-6-14(17)12-15-13-24-20(27-15)19-10-5-11-25(19)21(26)16-7-2-4-9-18(16)23/h1-4,6-9,13,19H,5,10-12H2. The van der Waals surface area contributed by atoms with Crippen molar-refractivity contribution in [1.29, 1.82) is 0 Å². The number of oxazole rings is 1. The van der Waals surface area contributed by atoms with Crippen molar-refractivity contribution in [2.45, 2.75) is 25.3 Å². The van der Waals surface area contributed by atoms with Crippen molar-refractivity contribution in [3.8, 4) is 0 Å². The number of likely N-dealkylation sites (tertiary alicyclic amines) is 1. The second-order valence-corrected chi connectivity index (χ2v) is 6.57. The fraction of sp³-hybridized carbons (Fsp3) is 0.238. The van der Waals surface area contributed by atoms with Gasteiger partial charge in [-0.05, 0) is 36.6 Å². The Morgan fingerprint density at radius 3 is 2.63 bits per heavy atom. The molecule has 1 aliphatic rings. The summed E-state index contributed by atoms with van der Waals surface area (Å²) in [5.74, 6) is -0.276. The van der Waals surface area contributed by atoms with Crippen molar-refractivity contribution < 1.29 is 18.0 Å². The second kappa shape index (κ2) is 7.31. The van der Waals surface area contributed by atoms with Gasteiger partial charge in [0, 0.05) is 13.0 Å². The molecule has 2 heterocycles. The molecular weight excluding hydrogens is 350 g/mol. The molecule has 2 aromatic carbocycles. The first kappa shape index (κ1) is 17.4. The van der Waals surface area contributed by atoms with Crippen LogP contribution < -0.4 is 0 Å². The van der Waals surface area contributed by atoms with Gasteiger partial charge in [-0.3, -0.25) is 4.79 Å². The van der Waals surface area contributed by atoms with Gasteiger partial charge in [0.15, 0.2) is 0 Å². The summed E-state index contributed by atoms with van der Waals surface area (Å²) in [6.07, 6.45) is 3.33. The van der Waals surface area contributed by atoms with Crippen LogP contribution in [0.4, 0.5) is 8.78 Å². The molecule has 1 aliphatic heterocycles. The first-order valence-electron chi connectivity index (χ1n) is 8.87. The highest BCUT2D eigenvalue weighted by molar-refractivity contribution is 5.94. The molecule has 0 radical (unpaired) electrons. The number of halogens is 2. The number of aromatic nitrogens is 1. The molecule has 0 bridgehead atoms. The summed E-state index contributed by atoms with van der Waals surface area (Å²) in [6.45, 7) is 0.517. The molecule has 0 spiro atoms. The molecule has 0 N–H and O–H groups in total. The summed E-state index contributed by atoms with van der Waals surface area (Å²) in [7, 11) is 0. The highest BCUT2D eigenvalue weighted by atomic mass is 19.1. The van der Waals surface area contributed by atoms with Crippen molar-refractivity contribution in [2.24, 2.45) is 0 Å². The molecule has 0 saturated carbocycles. The predicted molar refractivity (Wildman–Crippen MR) is 95.1 cm³/mol. The van der Waals surface area contributed by atoms with Crippen molar-refractivity contribution >= 4 is 5.91 Å². The van der Waals surface area contributed by atoms with E-state index < -0.39 is 5.82 Å². The number of amides is 1. The quantitative estimate of drug-likeness (QED) is 0.680. The van der Waals surface area contributed by atoms with E-state index in [2.05, 4.69) is 4.98 Å². The Hall–Kier alpha value is -3.02. The molecule has 1 amide bonds. The van der Waals surface area contributed by atoms with Crippen LogP contribution in [0.25, 0.3) is 0 Å². The van der Waals surface area contributed by atoms with Crippen LogP contribution in [0.15, 0.2) is 59.1 Å². The van der Waals surface area contributed by atoms with Crippen LogP contribution in [-0.2, 0) is 6.42 Å². The molecule has 4 nitrogen and oxygen atoms in total. The van der Waals surface area contributed by atoms with Gasteiger partial charge < -0.3 is 9.32 Å². The van der Waals surface area contributed by atoms with E-state index in [0.717, 1.165) is 6.42 Å². The Balaban J connectivity index is 1.55. The van der Waals surface area contributed by atoms with Gasteiger partial charge in [0.2, 0.25) is 5.89 Å². The molecule has 0 aliphatic carbocycles. The lowest BCUT2D eigenvalue weighted by molar-refractivity contribution is 0.0710. The van der Waals surface area contributed by atoms with Crippen LogP contribution in [0.5, 0.6) is 0 Å². The van der Waals surface area contributed by atoms with Crippen molar-refractivity contribution in [2.75, 3.05) is 6.54 Å². The first-order chi connectivity index (χ1) is 13.1. The Bertz CT molecular complexity index is 970. The van der Waals surface area contributed by atoms with Crippen LogP contribution in [0.3, 0.4) is 0 Å². The zero-order valence-electron chi connectivity index (χ0n) is 14.6. The fourth-order valence-corrected chi connectivity index (χ4v) is 3.44. The average molecular weight is 368 g/mol. The second-order valence-electron chi connectivity index (χ2n) is 6.57. The average Bonchev–Trinajstić information content (AvgIpc) is 3.32. The summed E-state index contributed by atoms with van der Waals surface area (Å²) in [6, 6.07) is 12.1. The maximum Gasteiger partial charge on any atom is 0.257 e. The maximum absolute atomic E-state index is 14.0. The van der Waals surface area contributed by atoms with Crippen molar-refractivity contribution in [3.63, 3.8) is 0 Å². The van der Waals surface area contributed by atoms with E-state index in [9.17, 15) is 13.6 Å². The lowest BCUT2D eigenvalue weighted by Crippen LogP contribution is -2.31. The summed E-state index contributed by atoms with van der Waals surface area (Å²) in [4.78, 5) is 18.7. The van der Waals surface area contributed by atoms with Crippen LogP contribution in [-0.4, -0.2) is 22.3 Å². The third-order valence-corrected chi connectivity index (χ3v) is 4.80. The molecule has 4 rings (SSSR count). The monoisotopic (exact) mass is 368 g/mol. The maximum atomic E-state index is 14.0. The number of nitrogens with zero attached hydrogens (tertiary/aromatic N) is 2.